The number of aryl methyl sites for hydroxylation is 1. The number of carbonyl (C=O) groups excluding carboxylic acids is 1. The van der Waals surface area contributed by atoms with Gasteiger partial charge in [-0.15, -0.1) is 0 Å². The van der Waals surface area contributed by atoms with Gasteiger partial charge in [-0.1, -0.05) is 12.1 Å². The molecule has 1 aromatic rings. The fourth-order valence-electron chi connectivity index (χ4n) is 1.53. The average Bonchev–Trinajstić information content (AvgIpc) is 3.10. The van der Waals surface area contributed by atoms with Crippen LogP contribution in [0.3, 0.4) is 0 Å². The average molecular weight is 268 g/mol. The largest absolute Gasteiger partial charge is 0.352 e. The number of nitrogens with one attached hydrogen (secondary N) is 2. The van der Waals surface area contributed by atoms with Crippen LogP contribution in [0, 0.1) is 6.92 Å². The Balaban J connectivity index is 1.96. The van der Waals surface area contributed by atoms with Crippen LogP contribution >= 0.6 is 0 Å². The van der Waals surface area contributed by atoms with Gasteiger partial charge < -0.3 is 5.32 Å². The van der Waals surface area contributed by atoms with Gasteiger partial charge in [0.1, 0.15) is 0 Å². The lowest BCUT2D eigenvalue weighted by Gasteiger charge is -2.07. The molecule has 0 atom stereocenters. The molecule has 0 unspecified atom stereocenters. The molecule has 5 nitrogen and oxygen atoms in total. The number of hydrogen-bond donors (Lipinski definition) is 2. The predicted octanol–water partition coefficient (Wildman–Crippen LogP) is 0.552. The Morgan fingerprint density at radius 2 is 2.11 bits per heavy atom. The molecule has 1 saturated carbocycles. The first kappa shape index (κ1) is 13.0. The summed E-state index contributed by atoms with van der Waals surface area (Å²) in [7, 11) is -3.60. The number of sulfonamides is 1. The van der Waals surface area contributed by atoms with E-state index in [1.165, 1.54) is 6.07 Å². The van der Waals surface area contributed by atoms with Crippen LogP contribution in [0.5, 0.6) is 0 Å². The smallest absolute Gasteiger partial charge is 0.241 e. The number of hydrogen-bond acceptors (Lipinski definition) is 3. The number of benzene rings is 1. The summed E-state index contributed by atoms with van der Waals surface area (Å²) in [4.78, 5) is 11.6. The van der Waals surface area contributed by atoms with Crippen molar-refractivity contribution in [3.63, 3.8) is 0 Å². The van der Waals surface area contributed by atoms with Crippen molar-refractivity contribution in [2.75, 3.05) is 6.54 Å². The molecule has 1 fully saturated rings. The summed E-state index contributed by atoms with van der Waals surface area (Å²) in [5.74, 6) is -0.284. The maximum absolute atomic E-state index is 11.9. The van der Waals surface area contributed by atoms with E-state index in [0.717, 1.165) is 18.4 Å². The summed E-state index contributed by atoms with van der Waals surface area (Å²) in [5.41, 5.74) is 0.861. The van der Waals surface area contributed by atoms with Crippen LogP contribution in [-0.4, -0.2) is 26.9 Å². The van der Waals surface area contributed by atoms with Crippen molar-refractivity contribution in [3.05, 3.63) is 29.8 Å². The van der Waals surface area contributed by atoms with E-state index in [1.807, 2.05) is 13.0 Å². The van der Waals surface area contributed by atoms with Crippen molar-refractivity contribution >= 4 is 15.9 Å². The van der Waals surface area contributed by atoms with Gasteiger partial charge in [0.15, 0.2) is 0 Å². The third kappa shape index (κ3) is 3.54. The molecule has 1 aliphatic rings. The molecule has 0 aromatic heterocycles. The minimum Gasteiger partial charge on any atom is -0.352 e. The third-order valence-corrected chi connectivity index (χ3v) is 4.06. The molecular formula is C12H16N2O3S. The maximum Gasteiger partial charge on any atom is 0.241 e. The summed E-state index contributed by atoms with van der Waals surface area (Å²) in [6, 6.07) is 6.81. The van der Waals surface area contributed by atoms with E-state index >= 15 is 0 Å². The van der Waals surface area contributed by atoms with Gasteiger partial charge >= 0.3 is 0 Å². The fourth-order valence-corrected chi connectivity index (χ4v) is 2.62. The van der Waals surface area contributed by atoms with Crippen molar-refractivity contribution in [1.82, 2.24) is 10.0 Å². The number of rotatable bonds is 5. The molecule has 2 rings (SSSR count). The fraction of sp³-hybridized carbons (Fsp3) is 0.417. The van der Waals surface area contributed by atoms with Crippen LogP contribution in [0.2, 0.25) is 0 Å². The van der Waals surface area contributed by atoms with Gasteiger partial charge in [0.25, 0.3) is 0 Å². The SMILES string of the molecule is Cc1cccc(S(=O)(=O)NCC(=O)NC2CC2)c1. The first-order valence-electron chi connectivity index (χ1n) is 5.83. The highest BCUT2D eigenvalue weighted by Crippen LogP contribution is 2.18. The summed E-state index contributed by atoms with van der Waals surface area (Å²) in [5, 5.41) is 2.72. The molecular weight excluding hydrogens is 252 g/mol. The summed E-state index contributed by atoms with van der Waals surface area (Å²) < 4.78 is 26.1. The van der Waals surface area contributed by atoms with Gasteiger partial charge in [0, 0.05) is 6.04 Å². The van der Waals surface area contributed by atoms with Crippen molar-refractivity contribution in [2.45, 2.75) is 30.7 Å². The zero-order valence-corrected chi connectivity index (χ0v) is 11.0. The molecule has 98 valence electrons. The molecule has 0 aliphatic heterocycles. The Morgan fingerprint density at radius 1 is 1.39 bits per heavy atom. The molecule has 1 amide bonds. The van der Waals surface area contributed by atoms with E-state index in [4.69, 9.17) is 0 Å². The van der Waals surface area contributed by atoms with Gasteiger partial charge in [-0.2, -0.15) is 0 Å². The molecule has 1 aliphatic carbocycles. The molecule has 1 aromatic carbocycles. The molecule has 18 heavy (non-hydrogen) atoms. The highest BCUT2D eigenvalue weighted by molar-refractivity contribution is 7.89. The molecule has 0 spiro atoms. The second kappa shape index (κ2) is 5.07. The number of carbonyl (C=O) groups is 1. The predicted molar refractivity (Wildman–Crippen MR) is 67.5 cm³/mol. The first-order valence-corrected chi connectivity index (χ1v) is 7.31. The quantitative estimate of drug-likeness (QED) is 0.819. The lowest BCUT2D eigenvalue weighted by molar-refractivity contribution is -0.120. The topological polar surface area (TPSA) is 75.3 Å². The van der Waals surface area contributed by atoms with Crippen LogP contribution < -0.4 is 10.0 Å². The lowest BCUT2D eigenvalue weighted by Crippen LogP contribution is -2.37. The normalized spacial score (nSPS) is 15.4. The van der Waals surface area contributed by atoms with E-state index in [1.54, 1.807) is 12.1 Å². The van der Waals surface area contributed by atoms with Crippen LogP contribution in [-0.2, 0) is 14.8 Å². The maximum atomic E-state index is 11.9. The second-order valence-corrected chi connectivity index (χ2v) is 6.25. The number of amides is 1. The van der Waals surface area contributed by atoms with Gasteiger partial charge in [-0.3, -0.25) is 4.79 Å². The third-order valence-electron chi connectivity index (χ3n) is 2.67. The van der Waals surface area contributed by atoms with Crippen LogP contribution in [0.4, 0.5) is 0 Å². The van der Waals surface area contributed by atoms with Crippen LogP contribution in [0.1, 0.15) is 18.4 Å². The van der Waals surface area contributed by atoms with Gasteiger partial charge in [-0.25, -0.2) is 13.1 Å². The van der Waals surface area contributed by atoms with Crippen molar-refractivity contribution in [1.29, 1.82) is 0 Å². The molecule has 0 saturated heterocycles. The molecule has 6 heteroatoms. The zero-order valence-electron chi connectivity index (χ0n) is 10.1. The van der Waals surface area contributed by atoms with Gasteiger partial charge in [-0.05, 0) is 37.5 Å². The van der Waals surface area contributed by atoms with E-state index < -0.39 is 10.0 Å². The Morgan fingerprint density at radius 3 is 2.72 bits per heavy atom. The van der Waals surface area contributed by atoms with E-state index in [0.29, 0.717) is 0 Å². The van der Waals surface area contributed by atoms with Gasteiger partial charge in [0.2, 0.25) is 15.9 Å². The van der Waals surface area contributed by atoms with E-state index in [-0.39, 0.29) is 23.4 Å². The first-order chi connectivity index (χ1) is 8.47. The molecule has 0 heterocycles. The highest BCUT2D eigenvalue weighted by Gasteiger charge is 2.24. The van der Waals surface area contributed by atoms with Crippen molar-refractivity contribution < 1.29 is 13.2 Å². The summed E-state index contributed by atoms with van der Waals surface area (Å²) >= 11 is 0. The second-order valence-electron chi connectivity index (χ2n) is 4.48. The molecule has 0 radical (unpaired) electrons. The minimum absolute atomic E-state index is 0.182. The van der Waals surface area contributed by atoms with E-state index in [9.17, 15) is 13.2 Å². The van der Waals surface area contributed by atoms with Crippen LogP contribution in [0.15, 0.2) is 29.2 Å². The Hall–Kier alpha value is -1.40. The molecule has 2 N–H and O–H groups in total. The lowest BCUT2D eigenvalue weighted by atomic mass is 10.2. The van der Waals surface area contributed by atoms with Crippen molar-refractivity contribution in [2.24, 2.45) is 0 Å². The standard InChI is InChI=1S/C12H16N2O3S/c1-9-3-2-4-11(7-9)18(16,17)13-8-12(15)14-10-5-6-10/h2-4,7,10,13H,5-6,8H2,1H3,(H,14,15). The highest BCUT2D eigenvalue weighted by atomic mass is 32.2. The Bertz CT molecular complexity index is 550. The van der Waals surface area contributed by atoms with Gasteiger partial charge in [0.05, 0.1) is 11.4 Å². The minimum atomic E-state index is -3.60. The van der Waals surface area contributed by atoms with Crippen LogP contribution in [0.25, 0.3) is 0 Å². The van der Waals surface area contributed by atoms with E-state index in [2.05, 4.69) is 10.0 Å². The summed E-state index contributed by atoms with van der Waals surface area (Å²) in [6.45, 7) is 1.60. The summed E-state index contributed by atoms with van der Waals surface area (Å²) in [6.07, 6.45) is 1.97. The Labute approximate surface area is 107 Å². The zero-order chi connectivity index (χ0) is 13.2. The van der Waals surface area contributed by atoms with Crippen molar-refractivity contribution in [3.8, 4) is 0 Å². The molecule has 0 bridgehead atoms. The Kier molecular flexibility index (Phi) is 3.68. The monoisotopic (exact) mass is 268 g/mol.